The highest BCUT2D eigenvalue weighted by molar-refractivity contribution is 6.35. The molecule has 0 fully saturated rings. The smallest absolute Gasteiger partial charge is 0.226 e. The molecule has 0 radical (unpaired) electrons. The molecule has 2 amide bonds. The Balaban J connectivity index is 2.00. The van der Waals surface area contributed by atoms with Gasteiger partial charge in [0.25, 0.3) is 0 Å². The molecule has 0 spiro atoms. The normalized spacial score (nSPS) is 11.7. The molecule has 2 aromatic rings. The van der Waals surface area contributed by atoms with Crippen molar-refractivity contribution in [2.45, 2.75) is 26.3 Å². The van der Waals surface area contributed by atoms with E-state index in [9.17, 15) is 9.59 Å². The van der Waals surface area contributed by atoms with Gasteiger partial charge >= 0.3 is 0 Å². The van der Waals surface area contributed by atoms with Gasteiger partial charge in [-0.3, -0.25) is 9.59 Å². The fraction of sp³-hybridized carbons (Fsp3) is 0.263. The van der Waals surface area contributed by atoms with Crippen molar-refractivity contribution in [3.63, 3.8) is 0 Å². The lowest BCUT2D eigenvalue weighted by Crippen LogP contribution is -2.34. The van der Waals surface area contributed by atoms with Gasteiger partial charge in [0.2, 0.25) is 11.8 Å². The van der Waals surface area contributed by atoms with Crippen molar-refractivity contribution >= 4 is 40.7 Å². The Bertz CT molecular complexity index is 750. The Labute approximate surface area is 157 Å². The summed E-state index contributed by atoms with van der Waals surface area (Å²) in [6.07, 6.45) is 0.166. The quantitative estimate of drug-likeness (QED) is 0.774. The summed E-state index contributed by atoms with van der Waals surface area (Å²) in [5.74, 6) is -0.305. The first kappa shape index (κ1) is 19.3. The number of anilines is 1. The molecule has 0 bridgehead atoms. The van der Waals surface area contributed by atoms with Gasteiger partial charge in [0.15, 0.2) is 0 Å². The summed E-state index contributed by atoms with van der Waals surface area (Å²) < 4.78 is 0. The van der Waals surface area contributed by atoms with Gasteiger partial charge in [-0.15, -0.1) is 0 Å². The van der Waals surface area contributed by atoms with Crippen molar-refractivity contribution in [1.82, 2.24) is 4.90 Å². The van der Waals surface area contributed by atoms with E-state index < -0.39 is 0 Å². The van der Waals surface area contributed by atoms with Gasteiger partial charge in [-0.2, -0.15) is 0 Å². The molecule has 0 saturated carbocycles. The lowest BCUT2D eigenvalue weighted by atomic mass is 10.1. The molecule has 6 heteroatoms. The fourth-order valence-electron chi connectivity index (χ4n) is 2.56. The average molecular weight is 379 g/mol. The molecule has 1 N–H and O–H groups in total. The first-order valence-corrected chi connectivity index (χ1v) is 8.71. The first-order valence-electron chi connectivity index (χ1n) is 7.95. The van der Waals surface area contributed by atoms with Crippen LogP contribution in [0, 0.1) is 0 Å². The topological polar surface area (TPSA) is 49.4 Å². The van der Waals surface area contributed by atoms with Crippen LogP contribution in [-0.2, 0) is 9.59 Å². The summed E-state index contributed by atoms with van der Waals surface area (Å²) in [7, 11) is 0. The van der Waals surface area contributed by atoms with Crippen LogP contribution in [0.4, 0.5) is 5.69 Å². The molecule has 0 saturated heterocycles. The third kappa shape index (κ3) is 5.48. The number of carbonyl (C=O) groups is 2. The monoisotopic (exact) mass is 378 g/mol. The minimum absolute atomic E-state index is 0.0788. The van der Waals surface area contributed by atoms with Gasteiger partial charge in [-0.1, -0.05) is 53.5 Å². The zero-order chi connectivity index (χ0) is 18.4. The van der Waals surface area contributed by atoms with Crippen molar-refractivity contribution < 1.29 is 9.59 Å². The third-order valence-electron chi connectivity index (χ3n) is 3.94. The molecule has 25 heavy (non-hydrogen) atoms. The molecule has 0 aliphatic carbocycles. The van der Waals surface area contributed by atoms with Gasteiger partial charge in [0, 0.05) is 24.9 Å². The fourth-order valence-corrected chi connectivity index (χ4v) is 2.90. The van der Waals surface area contributed by atoms with E-state index >= 15 is 0 Å². The summed E-state index contributed by atoms with van der Waals surface area (Å²) >= 11 is 12.0. The van der Waals surface area contributed by atoms with Crippen LogP contribution in [0.25, 0.3) is 0 Å². The zero-order valence-corrected chi connectivity index (χ0v) is 15.6. The maximum Gasteiger partial charge on any atom is 0.226 e. The number of nitrogens with one attached hydrogen (secondary N) is 1. The van der Waals surface area contributed by atoms with Crippen LogP contribution in [0.2, 0.25) is 10.0 Å². The Morgan fingerprint density at radius 1 is 1.12 bits per heavy atom. The van der Waals surface area contributed by atoms with Gasteiger partial charge in [0.05, 0.1) is 16.8 Å². The van der Waals surface area contributed by atoms with Crippen molar-refractivity contribution in [2.75, 3.05) is 11.9 Å². The van der Waals surface area contributed by atoms with Crippen molar-refractivity contribution in [3.8, 4) is 0 Å². The predicted molar refractivity (Wildman–Crippen MR) is 102 cm³/mol. The van der Waals surface area contributed by atoms with E-state index in [1.807, 2.05) is 37.3 Å². The lowest BCUT2D eigenvalue weighted by Gasteiger charge is -2.28. The zero-order valence-electron chi connectivity index (χ0n) is 14.1. The highest BCUT2D eigenvalue weighted by Gasteiger charge is 2.19. The molecular formula is C19H20Cl2N2O2. The highest BCUT2D eigenvalue weighted by atomic mass is 35.5. The van der Waals surface area contributed by atoms with Crippen molar-refractivity contribution in [3.05, 3.63) is 64.1 Å². The minimum atomic E-state index is -0.226. The maximum absolute atomic E-state index is 12.2. The number of amides is 2. The molecule has 1 atom stereocenters. The number of halogens is 2. The molecule has 0 aliphatic rings. The van der Waals surface area contributed by atoms with Crippen molar-refractivity contribution in [1.29, 1.82) is 0 Å². The van der Waals surface area contributed by atoms with Gasteiger partial charge in [0.1, 0.15) is 0 Å². The molecule has 0 aliphatic heterocycles. The molecule has 4 nitrogen and oxygen atoms in total. The molecule has 132 valence electrons. The second kappa shape index (κ2) is 8.88. The highest BCUT2D eigenvalue weighted by Crippen LogP contribution is 2.26. The second-order valence-electron chi connectivity index (χ2n) is 5.72. The predicted octanol–water partition coefficient (Wildman–Crippen LogP) is 4.93. The van der Waals surface area contributed by atoms with Crippen molar-refractivity contribution in [2.24, 2.45) is 0 Å². The van der Waals surface area contributed by atoms with E-state index in [-0.39, 0.29) is 24.3 Å². The third-order valence-corrected chi connectivity index (χ3v) is 4.50. The Morgan fingerprint density at radius 2 is 1.80 bits per heavy atom. The number of benzene rings is 2. The lowest BCUT2D eigenvalue weighted by molar-refractivity contribution is -0.131. The van der Waals surface area contributed by atoms with E-state index in [0.29, 0.717) is 22.3 Å². The van der Waals surface area contributed by atoms with E-state index in [4.69, 9.17) is 23.2 Å². The molecule has 1 unspecified atom stereocenters. The number of nitrogens with zero attached hydrogens (tertiary/aromatic N) is 1. The van der Waals surface area contributed by atoms with Crippen LogP contribution in [0.3, 0.4) is 0 Å². The number of hydrogen-bond acceptors (Lipinski definition) is 2. The summed E-state index contributed by atoms with van der Waals surface area (Å²) in [4.78, 5) is 25.9. The van der Waals surface area contributed by atoms with Crippen LogP contribution in [0.1, 0.15) is 31.9 Å². The van der Waals surface area contributed by atoms with Crippen LogP contribution in [0.5, 0.6) is 0 Å². The Kier molecular flexibility index (Phi) is 6.85. The van der Waals surface area contributed by atoms with E-state index in [1.165, 1.54) is 6.92 Å². The number of carbonyl (C=O) groups excluding carboxylic acids is 2. The maximum atomic E-state index is 12.2. The van der Waals surface area contributed by atoms with Crippen LogP contribution in [0.15, 0.2) is 48.5 Å². The number of hydrogen-bond donors (Lipinski definition) is 1. The van der Waals surface area contributed by atoms with Crippen LogP contribution < -0.4 is 5.32 Å². The van der Waals surface area contributed by atoms with Crippen LogP contribution in [-0.4, -0.2) is 23.3 Å². The number of rotatable bonds is 6. The summed E-state index contributed by atoms with van der Waals surface area (Å²) in [5.41, 5.74) is 1.49. The Morgan fingerprint density at radius 3 is 2.44 bits per heavy atom. The molecule has 0 aromatic heterocycles. The average Bonchev–Trinajstić information content (AvgIpc) is 2.58. The summed E-state index contributed by atoms with van der Waals surface area (Å²) in [5, 5.41) is 3.63. The largest absolute Gasteiger partial charge is 0.336 e. The summed E-state index contributed by atoms with van der Waals surface area (Å²) in [6.45, 7) is 3.77. The molecular weight excluding hydrogens is 359 g/mol. The second-order valence-corrected chi connectivity index (χ2v) is 6.57. The SMILES string of the molecule is CC(=O)N(CCC(=O)Nc1cc(Cl)ccc1Cl)C(C)c1ccccc1. The standard InChI is InChI=1S/C19H20Cl2N2O2/c1-13(15-6-4-3-5-7-15)23(14(2)24)11-10-19(25)22-18-12-16(20)8-9-17(18)21/h3-9,12-13H,10-11H2,1-2H3,(H,22,25). The van der Waals surface area contributed by atoms with Gasteiger partial charge in [-0.05, 0) is 30.7 Å². The molecule has 2 aromatic carbocycles. The van der Waals surface area contributed by atoms with Crippen LogP contribution >= 0.6 is 23.2 Å². The summed E-state index contributed by atoms with van der Waals surface area (Å²) in [6, 6.07) is 14.5. The van der Waals surface area contributed by atoms with Gasteiger partial charge < -0.3 is 10.2 Å². The first-order chi connectivity index (χ1) is 11.9. The minimum Gasteiger partial charge on any atom is -0.336 e. The van der Waals surface area contributed by atoms with Gasteiger partial charge in [-0.25, -0.2) is 0 Å². The van der Waals surface area contributed by atoms with E-state index in [1.54, 1.807) is 23.1 Å². The molecule has 0 heterocycles. The van der Waals surface area contributed by atoms with E-state index in [0.717, 1.165) is 5.56 Å². The Hall–Kier alpha value is -2.04. The van der Waals surface area contributed by atoms with E-state index in [2.05, 4.69) is 5.32 Å². The molecule has 2 rings (SSSR count).